The van der Waals surface area contributed by atoms with Crippen molar-refractivity contribution in [2.24, 2.45) is 10.9 Å². The number of fused-ring (bicyclic) bond motifs is 1. The standard InChI is InChI=1S/C26H35N3O6/c27-12-11-22-10-6-3-1-2-5-9-20(28-34-18-24(32)29-13-7-4-8-14-29)15-19-16-21(30)17-23(31)25(19)26(33)35-22/h3,5-6,9,16-17,22,30-31H,1-2,4,7-8,10-15,18,27H2. The Morgan fingerprint density at radius 3 is 2.69 bits per heavy atom. The van der Waals surface area contributed by atoms with E-state index in [1.54, 1.807) is 11.0 Å². The number of carbonyl (C=O) groups excluding carboxylic acids is 2. The van der Waals surface area contributed by atoms with Crippen molar-refractivity contribution in [2.75, 3.05) is 26.2 Å². The maximum absolute atomic E-state index is 13.0. The molecule has 2 aliphatic rings. The minimum absolute atomic E-state index is 0.0450. The summed E-state index contributed by atoms with van der Waals surface area (Å²) < 4.78 is 5.65. The molecule has 1 unspecified atom stereocenters. The maximum Gasteiger partial charge on any atom is 0.342 e. The first-order valence-electron chi connectivity index (χ1n) is 12.2. The van der Waals surface area contributed by atoms with Gasteiger partial charge in [-0.3, -0.25) is 4.79 Å². The number of cyclic esters (lactones) is 1. The number of piperidine rings is 1. The van der Waals surface area contributed by atoms with Crippen LogP contribution in [0.3, 0.4) is 0 Å². The van der Waals surface area contributed by atoms with Crippen LogP contribution in [0, 0.1) is 0 Å². The van der Waals surface area contributed by atoms with Crippen molar-refractivity contribution in [1.82, 2.24) is 4.90 Å². The summed E-state index contributed by atoms with van der Waals surface area (Å²) in [5.41, 5.74) is 6.41. The van der Waals surface area contributed by atoms with Gasteiger partial charge in [0, 0.05) is 32.0 Å². The van der Waals surface area contributed by atoms with Gasteiger partial charge in [-0.2, -0.15) is 0 Å². The summed E-state index contributed by atoms with van der Waals surface area (Å²) in [4.78, 5) is 32.6. The van der Waals surface area contributed by atoms with E-state index in [9.17, 15) is 19.8 Å². The number of phenols is 2. The molecule has 1 atom stereocenters. The van der Waals surface area contributed by atoms with Crippen LogP contribution < -0.4 is 5.73 Å². The number of hydrogen-bond acceptors (Lipinski definition) is 8. The third-order valence-electron chi connectivity index (χ3n) is 5.98. The van der Waals surface area contributed by atoms with Gasteiger partial charge in [0.2, 0.25) is 0 Å². The molecule has 1 amide bonds. The van der Waals surface area contributed by atoms with Gasteiger partial charge in [-0.05, 0) is 62.8 Å². The number of amides is 1. The Morgan fingerprint density at radius 1 is 1.14 bits per heavy atom. The number of nitrogens with zero attached hydrogens (tertiary/aromatic N) is 2. The molecule has 1 aromatic rings. The van der Waals surface area contributed by atoms with Gasteiger partial charge in [0.05, 0.1) is 5.71 Å². The molecule has 190 valence electrons. The van der Waals surface area contributed by atoms with Gasteiger partial charge in [-0.1, -0.05) is 23.4 Å². The van der Waals surface area contributed by atoms with E-state index in [0.717, 1.165) is 51.3 Å². The number of ether oxygens (including phenoxy) is 1. The summed E-state index contributed by atoms with van der Waals surface area (Å²) in [7, 11) is 0. The first-order chi connectivity index (χ1) is 17.0. The molecule has 0 aliphatic carbocycles. The zero-order valence-electron chi connectivity index (χ0n) is 20.0. The Bertz CT molecular complexity index is 966. The molecule has 1 aromatic carbocycles. The van der Waals surface area contributed by atoms with Gasteiger partial charge in [0.25, 0.3) is 5.91 Å². The molecule has 9 nitrogen and oxygen atoms in total. The van der Waals surface area contributed by atoms with Crippen LogP contribution in [-0.2, 0) is 20.8 Å². The Hall–Kier alpha value is -3.33. The van der Waals surface area contributed by atoms with E-state index in [0.29, 0.717) is 30.7 Å². The van der Waals surface area contributed by atoms with Gasteiger partial charge in [-0.25, -0.2) is 4.79 Å². The van der Waals surface area contributed by atoms with Gasteiger partial charge in [0.15, 0.2) is 6.61 Å². The molecule has 0 saturated carbocycles. The number of allylic oxidation sites excluding steroid dienone is 3. The number of nitrogens with two attached hydrogens (primary N) is 1. The van der Waals surface area contributed by atoms with Crippen molar-refractivity contribution in [3.05, 3.63) is 47.6 Å². The number of rotatable bonds is 5. The molecule has 1 saturated heterocycles. The molecule has 1 fully saturated rings. The minimum atomic E-state index is -0.703. The maximum atomic E-state index is 13.0. The lowest BCUT2D eigenvalue weighted by Gasteiger charge is -2.26. The quantitative estimate of drug-likeness (QED) is 0.331. The molecule has 35 heavy (non-hydrogen) atoms. The van der Waals surface area contributed by atoms with E-state index >= 15 is 0 Å². The average molecular weight is 486 g/mol. The fraction of sp³-hybridized carbons (Fsp3) is 0.500. The molecule has 9 heteroatoms. The number of hydrogen-bond donors (Lipinski definition) is 3. The number of phenolic OH excluding ortho intramolecular Hbond substituents is 2. The number of likely N-dealkylation sites (tertiary alicyclic amines) is 1. The smallest absolute Gasteiger partial charge is 0.342 e. The highest BCUT2D eigenvalue weighted by Gasteiger charge is 2.23. The predicted molar refractivity (Wildman–Crippen MR) is 132 cm³/mol. The van der Waals surface area contributed by atoms with Crippen molar-refractivity contribution < 1.29 is 29.4 Å². The van der Waals surface area contributed by atoms with Crippen LogP contribution in [-0.4, -0.2) is 65.0 Å². The summed E-state index contributed by atoms with van der Waals surface area (Å²) in [5, 5.41) is 24.7. The Kier molecular flexibility index (Phi) is 10.2. The van der Waals surface area contributed by atoms with Gasteiger partial charge >= 0.3 is 5.97 Å². The molecule has 0 bridgehead atoms. The highest BCUT2D eigenvalue weighted by atomic mass is 16.6. The molecule has 4 N–H and O–H groups in total. The number of benzene rings is 1. The summed E-state index contributed by atoms with van der Waals surface area (Å²) in [6.45, 7) is 1.63. The van der Waals surface area contributed by atoms with Crippen molar-refractivity contribution in [3.63, 3.8) is 0 Å². The van der Waals surface area contributed by atoms with Crippen LogP contribution in [0.4, 0.5) is 0 Å². The van der Waals surface area contributed by atoms with Gasteiger partial charge in [-0.15, -0.1) is 0 Å². The van der Waals surface area contributed by atoms with Crippen molar-refractivity contribution in [1.29, 1.82) is 0 Å². The minimum Gasteiger partial charge on any atom is -0.508 e. The zero-order chi connectivity index (χ0) is 25.0. The number of esters is 1. The van der Waals surface area contributed by atoms with E-state index in [4.69, 9.17) is 15.3 Å². The lowest BCUT2D eigenvalue weighted by atomic mass is 9.99. The van der Waals surface area contributed by atoms with Crippen LogP contribution >= 0.6 is 0 Å². The largest absolute Gasteiger partial charge is 0.508 e. The second kappa shape index (κ2) is 13.5. The van der Waals surface area contributed by atoms with Gasteiger partial charge in [0.1, 0.15) is 23.2 Å². The van der Waals surface area contributed by atoms with Gasteiger partial charge < -0.3 is 30.4 Å². The lowest BCUT2D eigenvalue weighted by molar-refractivity contribution is -0.137. The number of aromatic hydroxyl groups is 2. The van der Waals surface area contributed by atoms with E-state index in [-0.39, 0.29) is 36.0 Å². The molecule has 3 rings (SSSR count). The van der Waals surface area contributed by atoms with Crippen LogP contribution in [0.2, 0.25) is 0 Å². The van der Waals surface area contributed by atoms with Crippen molar-refractivity contribution >= 4 is 17.6 Å². The van der Waals surface area contributed by atoms with E-state index in [2.05, 4.69) is 5.16 Å². The molecule has 0 spiro atoms. The Morgan fingerprint density at radius 2 is 1.91 bits per heavy atom. The zero-order valence-corrected chi connectivity index (χ0v) is 20.0. The predicted octanol–water partition coefficient (Wildman–Crippen LogP) is 3.20. The highest BCUT2D eigenvalue weighted by Crippen LogP contribution is 2.29. The SMILES string of the molecule is NCCC1CC=CCCC=CC(=NOCC(=O)N2CCCCC2)Cc2cc(O)cc(O)c2C(=O)O1. The van der Waals surface area contributed by atoms with Crippen LogP contribution in [0.25, 0.3) is 0 Å². The number of oxime groups is 1. The third-order valence-corrected chi connectivity index (χ3v) is 5.98. The summed E-state index contributed by atoms with van der Waals surface area (Å²) in [6, 6.07) is 2.49. The second-order valence-corrected chi connectivity index (χ2v) is 8.76. The van der Waals surface area contributed by atoms with E-state index < -0.39 is 12.1 Å². The Labute approximate surface area is 205 Å². The molecule has 2 aliphatic heterocycles. The molecule has 0 radical (unpaired) electrons. The monoisotopic (exact) mass is 485 g/mol. The van der Waals surface area contributed by atoms with E-state index in [1.807, 2.05) is 18.2 Å². The topological polar surface area (TPSA) is 135 Å². The summed E-state index contributed by atoms with van der Waals surface area (Å²) in [6.07, 6.45) is 13.0. The van der Waals surface area contributed by atoms with E-state index in [1.165, 1.54) is 6.07 Å². The number of carbonyl (C=O) groups is 2. The van der Waals surface area contributed by atoms with Crippen LogP contribution in [0.15, 0.2) is 41.6 Å². The van der Waals surface area contributed by atoms with Crippen LogP contribution in [0.5, 0.6) is 11.5 Å². The first-order valence-corrected chi connectivity index (χ1v) is 12.2. The summed E-state index contributed by atoms with van der Waals surface area (Å²) >= 11 is 0. The van der Waals surface area contributed by atoms with Crippen molar-refractivity contribution in [2.45, 2.75) is 57.5 Å². The summed E-state index contributed by atoms with van der Waals surface area (Å²) in [5.74, 6) is -1.40. The fourth-order valence-electron chi connectivity index (χ4n) is 4.16. The fourth-order valence-corrected chi connectivity index (χ4v) is 4.16. The Balaban J connectivity index is 1.84. The lowest BCUT2D eigenvalue weighted by Crippen LogP contribution is -2.37. The van der Waals surface area contributed by atoms with Crippen LogP contribution in [0.1, 0.15) is 60.9 Å². The molecular formula is C26H35N3O6. The molecule has 2 heterocycles. The average Bonchev–Trinajstić information content (AvgIpc) is 2.82. The third kappa shape index (κ3) is 8.13. The normalized spacial score (nSPS) is 20.7. The second-order valence-electron chi connectivity index (χ2n) is 8.76. The first kappa shape index (κ1) is 26.3. The highest BCUT2D eigenvalue weighted by molar-refractivity contribution is 6.00. The van der Waals surface area contributed by atoms with Crippen molar-refractivity contribution in [3.8, 4) is 11.5 Å². The molecule has 0 aromatic heterocycles. The molecular weight excluding hydrogens is 450 g/mol.